The maximum atomic E-state index is 14.3. The summed E-state index contributed by atoms with van der Waals surface area (Å²) in [7, 11) is -5.62. The molecule has 0 saturated carbocycles. The largest absolute Gasteiger partial charge is 0.595 e. The van der Waals surface area contributed by atoms with Crippen LogP contribution in [0.1, 0.15) is 6.92 Å². The normalized spacial score (nSPS) is 21.3. The molecule has 0 aromatic heterocycles. The average Bonchev–Trinajstić information content (AvgIpc) is 3.00. The zero-order valence-corrected chi connectivity index (χ0v) is 24.8. The molecule has 232 valence electrons. The van der Waals surface area contributed by atoms with Crippen LogP contribution in [0.3, 0.4) is 0 Å². The highest BCUT2D eigenvalue weighted by Gasteiger charge is 2.66. The molecule has 2 aromatic rings. The highest BCUT2D eigenvalue weighted by molar-refractivity contribution is 7.71. The Hall–Kier alpha value is -2.84. The minimum Gasteiger partial charge on any atom is -0.595 e. The van der Waals surface area contributed by atoms with E-state index in [-0.39, 0.29) is 22.7 Å². The molecule has 1 aliphatic heterocycles. The van der Waals surface area contributed by atoms with Gasteiger partial charge in [0.05, 0.1) is 11.7 Å². The Balaban J connectivity index is 2.30. The van der Waals surface area contributed by atoms with E-state index in [1.807, 2.05) is 0 Å². The Morgan fingerprint density at radius 2 is 1.40 bits per heavy atom. The molecule has 1 saturated heterocycles. The lowest BCUT2D eigenvalue weighted by Gasteiger charge is -2.54. The number of amides is 2. The summed E-state index contributed by atoms with van der Waals surface area (Å²) >= 11 is 0. The van der Waals surface area contributed by atoms with Gasteiger partial charge in [0.1, 0.15) is 0 Å². The van der Waals surface area contributed by atoms with Gasteiger partial charge in [-0.25, -0.2) is 20.0 Å². The van der Waals surface area contributed by atoms with E-state index in [1.165, 1.54) is 43.3 Å². The number of hydrogen-bond donors (Lipinski definition) is 7. The average molecular weight is 635 g/mol. The van der Waals surface area contributed by atoms with E-state index >= 15 is 0 Å². The number of benzene rings is 2. The second-order valence-corrected chi connectivity index (χ2v) is 13.0. The van der Waals surface area contributed by atoms with Crippen LogP contribution in [0.15, 0.2) is 48.5 Å². The molecule has 42 heavy (non-hydrogen) atoms. The fourth-order valence-electron chi connectivity index (χ4n) is 3.96. The van der Waals surface area contributed by atoms with Gasteiger partial charge in [0.15, 0.2) is 11.4 Å². The van der Waals surface area contributed by atoms with Gasteiger partial charge in [-0.3, -0.25) is 19.5 Å². The van der Waals surface area contributed by atoms with Crippen molar-refractivity contribution in [3.05, 3.63) is 58.9 Å². The van der Waals surface area contributed by atoms with Gasteiger partial charge in [-0.05, 0) is 31.2 Å². The monoisotopic (exact) mass is 635 g/mol. The number of carbonyl (C=O) groups is 2. The van der Waals surface area contributed by atoms with Gasteiger partial charge in [0, 0.05) is 58.4 Å². The van der Waals surface area contributed by atoms with Crippen molar-refractivity contribution in [3.8, 4) is 0 Å². The highest BCUT2D eigenvalue weighted by Crippen LogP contribution is 2.62. The topological polar surface area (TPSA) is 243 Å². The standard InChI is InChI=1S/C21H31N7O12P2/c1-14-19(29)25(16-10-12-18(13-11-16)28(33)34)26(20(30)41(35,37-2)38-3)21(22-14,42(36,39-4)40-5)24-23-15-6-8-17(9-7-15)27(31)32/h6-14,22-24,27-28,31,33H,1-5H3. The molecule has 0 radical (unpaired) electrons. The third-order valence-electron chi connectivity index (χ3n) is 6.15. The number of hydrogen-bond acceptors (Lipinski definition) is 15. The van der Waals surface area contributed by atoms with Crippen molar-refractivity contribution in [3.63, 3.8) is 0 Å². The number of nitrogens with one attached hydrogen (secondary N) is 5. The third-order valence-corrected chi connectivity index (χ3v) is 9.95. The van der Waals surface area contributed by atoms with Crippen LogP contribution in [-0.4, -0.2) is 67.0 Å². The van der Waals surface area contributed by atoms with Crippen LogP contribution in [-0.2, 0) is 32.0 Å². The first-order valence-corrected chi connectivity index (χ1v) is 14.9. The zero-order valence-electron chi connectivity index (χ0n) is 23.0. The summed E-state index contributed by atoms with van der Waals surface area (Å²) < 4.78 is 48.1. The summed E-state index contributed by atoms with van der Waals surface area (Å²) in [4.78, 5) is 27.7. The fourth-order valence-corrected chi connectivity index (χ4v) is 6.60. The summed E-state index contributed by atoms with van der Waals surface area (Å²) in [5.41, 5.74) is 1.11. The van der Waals surface area contributed by atoms with Crippen molar-refractivity contribution in [1.82, 2.24) is 15.8 Å². The molecule has 19 nitrogen and oxygen atoms in total. The number of hydrazine groups is 2. The molecule has 1 fully saturated rings. The number of rotatable bonds is 12. The Kier molecular flexibility index (Phi) is 10.6. The number of carbonyl (C=O) groups excluding carboxylic acids is 2. The molecular weight excluding hydrogens is 604 g/mol. The maximum absolute atomic E-state index is 14.3. The smallest absolute Gasteiger partial charge is 0.419 e. The van der Waals surface area contributed by atoms with Crippen LogP contribution < -0.4 is 31.6 Å². The van der Waals surface area contributed by atoms with Gasteiger partial charge in [-0.1, -0.05) is 0 Å². The molecule has 2 amide bonds. The van der Waals surface area contributed by atoms with Crippen LogP contribution >= 0.6 is 15.2 Å². The van der Waals surface area contributed by atoms with E-state index in [2.05, 4.69) is 16.2 Å². The van der Waals surface area contributed by atoms with Gasteiger partial charge in [0.25, 0.3) is 11.4 Å². The molecule has 7 N–H and O–H groups in total. The molecule has 0 aliphatic carbocycles. The van der Waals surface area contributed by atoms with Crippen LogP contribution in [0.2, 0.25) is 0 Å². The summed E-state index contributed by atoms with van der Waals surface area (Å²) in [6.45, 7) is 1.36. The van der Waals surface area contributed by atoms with Crippen molar-refractivity contribution in [1.29, 1.82) is 0 Å². The lowest BCUT2D eigenvalue weighted by Crippen LogP contribution is -2.99. The molecule has 4 atom stereocenters. The first kappa shape index (κ1) is 33.7. The van der Waals surface area contributed by atoms with Crippen molar-refractivity contribution >= 4 is 49.5 Å². The molecule has 21 heteroatoms. The van der Waals surface area contributed by atoms with Crippen LogP contribution in [0.4, 0.5) is 27.5 Å². The molecular formula is C21H31N7O12P2. The van der Waals surface area contributed by atoms with Crippen molar-refractivity contribution < 1.29 is 57.7 Å². The first-order chi connectivity index (χ1) is 19.7. The van der Waals surface area contributed by atoms with Gasteiger partial charge >= 0.3 is 20.8 Å². The predicted octanol–water partition coefficient (Wildman–Crippen LogP) is 0.355. The lowest BCUT2D eigenvalue weighted by atomic mass is 10.2. The predicted molar refractivity (Wildman–Crippen MR) is 144 cm³/mol. The Morgan fingerprint density at radius 3 is 1.83 bits per heavy atom. The highest BCUT2D eigenvalue weighted by atomic mass is 31.2. The molecule has 0 spiro atoms. The van der Waals surface area contributed by atoms with Crippen LogP contribution in [0.5, 0.6) is 0 Å². The number of anilines is 2. The first-order valence-electron chi connectivity index (χ1n) is 11.8. The van der Waals surface area contributed by atoms with E-state index in [0.717, 1.165) is 40.6 Å². The van der Waals surface area contributed by atoms with Gasteiger partial charge in [0.2, 0.25) is 0 Å². The van der Waals surface area contributed by atoms with E-state index < -0.39 is 48.8 Å². The van der Waals surface area contributed by atoms with E-state index in [0.29, 0.717) is 10.0 Å². The minimum absolute atomic E-state index is 0.0429. The maximum Gasteiger partial charge on any atom is 0.419 e. The summed E-state index contributed by atoms with van der Waals surface area (Å²) in [5, 5.41) is 42.6. The Bertz CT molecular complexity index is 1350. The van der Waals surface area contributed by atoms with Gasteiger partial charge < -0.3 is 33.9 Å². The zero-order chi connectivity index (χ0) is 31.5. The second-order valence-electron chi connectivity index (χ2n) is 8.49. The molecule has 2 aromatic carbocycles. The summed E-state index contributed by atoms with van der Waals surface area (Å²) in [6.07, 6.45) is 0. The summed E-state index contributed by atoms with van der Waals surface area (Å²) in [5.74, 6) is -0.841. The molecule has 0 bridgehead atoms. The number of nitrogens with zero attached hydrogens (tertiary/aromatic N) is 2. The lowest BCUT2D eigenvalue weighted by molar-refractivity contribution is -0.991. The second kappa shape index (κ2) is 13.2. The van der Waals surface area contributed by atoms with E-state index in [9.17, 15) is 39.5 Å². The van der Waals surface area contributed by atoms with Crippen LogP contribution in [0.25, 0.3) is 0 Å². The molecule has 4 unspecified atom stereocenters. The van der Waals surface area contributed by atoms with Crippen LogP contribution in [0, 0.1) is 10.4 Å². The molecule has 1 aliphatic rings. The van der Waals surface area contributed by atoms with Gasteiger partial charge in [-0.15, -0.1) is 0 Å². The van der Waals surface area contributed by atoms with E-state index in [4.69, 9.17) is 18.1 Å². The summed E-state index contributed by atoms with van der Waals surface area (Å²) in [6, 6.07) is 8.64. The third kappa shape index (κ3) is 6.11. The van der Waals surface area contributed by atoms with Crippen molar-refractivity contribution in [2.24, 2.45) is 0 Å². The number of quaternary nitrogens is 2. The van der Waals surface area contributed by atoms with E-state index in [1.54, 1.807) is 0 Å². The molecule has 1 heterocycles. The minimum atomic E-state index is -4.76. The van der Waals surface area contributed by atoms with Crippen molar-refractivity contribution in [2.45, 2.75) is 18.5 Å². The quantitative estimate of drug-likeness (QED) is 0.123. The van der Waals surface area contributed by atoms with Crippen molar-refractivity contribution in [2.75, 3.05) is 38.9 Å². The fraction of sp³-hybridized carbons (Fsp3) is 0.333. The molecule has 3 rings (SSSR count). The SMILES string of the molecule is COP(=O)(OC)C(=O)N1N(c2ccc([NH+]([O-])O)cc2)C(=O)C(C)NC1(NNc1ccc([NH+]([O-])O)cc1)P(=O)(OC)OC. The Labute approximate surface area is 239 Å². The van der Waals surface area contributed by atoms with Gasteiger partial charge in [-0.2, -0.15) is 20.9 Å². The Morgan fingerprint density at radius 1 is 0.929 bits per heavy atom.